The predicted octanol–water partition coefficient (Wildman–Crippen LogP) is 0.369. The number of piperazine rings is 1. The summed E-state index contributed by atoms with van der Waals surface area (Å²) in [5.74, 6) is 0.109. The number of nitro groups is 1. The van der Waals surface area contributed by atoms with Gasteiger partial charge >= 0.3 is 5.69 Å². The molecular weight excluding hydrogens is 266 g/mol. The summed E-state index contributed by atoms with van der Waals surface area (Å²) in [4.78, 5) is 24.5. The molecule has 8 heteroatoms. The number of carbonyl (C=O) groups is 1. The van der Waals surface area contributed by atoms with Gasteiger partial charge < -0.3 is 19.7 Å². The van der Waals surface area contributed by atoms with Gasteiger partial charge in [0, 0.05) is 32.2 Å². The number of nitrogens with one attached hydrogen (secondary N) is 1. The second-order valence-corrected chi connectivity index (χ2v) is 4.53. The summed E-state index contributed by atoms with van der Waals surface area (Å²) in [5, 5.41) is 14.2. The Balaban J connectivity index is 1.95. The largest absolute Gasteiger partial charge is 0.453 e. The first-order valence-electron chi connectivity index (χ1n) is 6.25. The number of carbonyl (C=O) groups excluding carboxylic acids is 1. The van der Waals surface area contributed by atoms with Crippen molar-refractivity contribution in [3.8, 4) is 11.5 Å². The normalized spacial score (nSPS) is 17.1. The van der Waals surface area contributed by atoms with Crippen LogP contribution in [-0.4, -0.2) is 48.7 Å². The SMILES string of the molecule is O=C(c1cc2c(c([N+](=O)[O-])c1)OCO2)N1CCNCC1. The van der Waals surface area contributed by atoms with E-state index in [9.17, 15) is 14.9 Å². The van der Waals surface area contributed by atoms with Crippen molar-refractivity contribution in [1.29, 1.82) is 0 Å². The summed E-state index contributed by atoms with van der Waals surface area (Å²) in [5.41, 5.74) is 0.0151. The highest BCUT2D eigenvalue weighted by atomic mass is 16.7. The molecule has 0 spiro atoms. The van der Waals surface area contributed by atoms with Crippen LogP contribution in [0.3, 0.4) is 0 Å². The molecule has 0 aromatic heterocycles. The van der Waals surface area contributed by atoms with Crippen molar-refractivity contribution in [2.24, 2.45) is 0 Å². The van der Waals surface area contributed by atoms with E-state index in [-0.39, 0.29) is 35.4 Å². The van der Waals surface area contributed by atoms with E-state index in [1.54, 1.807) is 4.90 Å². The van der Waals surface area contributed by atoms with E-state index in [2.05, 4.69) is 5.32 Å². The number of fused-ring (bicyclic) bond motifs is 1. The zero-order valence-electron chi connectivity index (χ0n) is 10.6. The molecule has 1 saturated heterocycles. The van der Waals surface area contributed by atoms with Crippen molar-refractivity contribution < 1.29 is 19.2 Å². The average Bonchev–Trinajstić information content (AvgIpc) is 2.94. The molecule has 20 heavy (non-hydrogen) atoms. The van der Waals surface area contributed by atoms with Gasteiger partial charge in [-0.3, -0.25) is 14.9 Å². The van der Waals surface area contributed by atoms with E-state index in [0.29, 0.717) is 13.1 Å². The van der Waals surface area contributed by atoms with E-state index in [0.717, 1.165) is 13.1 Å². The lowest BCUT2D eigenvalue weighted by Crippen LogP contribution is -2.46. The van der Waals surface area contributed by atoms with Gasteiger partial charge in [-0.05, 0) is 6.07 Å². The lowest BCUT2D eigenvalue weighted by molar-refractivity contribution is -0.385. The Bertz CT molecular complexity index is 568. The predicted molar refractivity (Wildman–Crippen MR) is 68.0 cm³/mol. The molecule has 3 rings (SSSR count). The van der Waals surface area contributed by atoms with E-state index in [1.165, 1.54) is 12.1 Å². The molecular formula is C12H13N3O5. The van der Waals surface area contributed by atoms with E-state index >= 15 is 0 Å². The van der Waals surface area contributed by atoms with Crippen LogP contribution in [-0.2, 0) is 0 Å². The van der Waals surface area contributed by atoms with Crippen LogP contribution < -0.4 is 14.8 Å². The fourth-order valence-corrected chi connectivity index (χ4v) is 2.30. The zero-order valence-corrected chi connectivity index (χ0v) is 10.6. The van der Waals surface area contributed by atoms with Gasteiger partial charge in [-0.25, -0.2) is 0 Å². The maximum atomic E-state index is 12.4. The summed E-state index contributed by atoms with van der Waals surface area (Å²) in [6.45, 7) is 2.54. The summed E-state index contributed by atoms with van der Waals surface area (Å²) in [6, 6.07) is 2.75. The monoisotopic (exact) mass is 279 g/mol. The minimum Gasteiger partial charge on any atom is -0.453 e. The standard InChI is InChI=1S/C12H13N3O5/c16-12(14-3-1-13-2-4-14)8-5-9(15(17)18)11-10(6-8)19-7-20-11/h5-6,13H,1-4,7H2. The first-order chi connectivity index (χ1) is 9.66. The molecule has 0 atom stereocenters. The Morgan fingerprint density at radius 2 is 2.05 bits per heavy atom. The number of nitro benzene ring substituents is 1. The molecule has 2 aliphatic rings. The molecule has 0 aliphatic carbocycles. The molecule has 2 heterocycles. The van der Waals surface area contributed by atoms with Crippen molar-refractivity contribution in [3.63, 3.8) is 0 Å². The Morgan fingerprint density at radius 1 is 1.30 bits per heavy atom. The van der Waals surface area contributed by atoms with Crippen molar-refractivity contribution in [1.82, 2.24) is 10.2 Å². The molecule has 106 valence electrons. The second kappa shape index (κ2) is 4.97. The van der Waals surface area contributed by atoms with Crippen LogP contribution in [0.1, 0.15) is 10.4 Å². The molecule has 0 saturated carbocycles. The molecule has 8 nitrogen and oxygen atoms in total. The van der Waals surface area contributed by atoms with E-state index in [1.807, 2.05) is 0 Å². The van der Waals surface area contributed by atoms with Gasteiger partial charge in [-0.2, -0.15) is 0 Å². The van der Waals surface area contributed by atoms with Crippen LogP contribution in [0.25, 0.3) is 0 Å². The van der Waals surface area contributed by atoms with Crippen LogP contribution >= 0.6 is 0 Å². The molecule has 0 unspecified atom stereocenters. The van der Waals surface area contributed by atoms with Crippen LogP contribution in [0.15, 0.2) is 12.1 Å². The van der Waals surface area contributed by atoms with Crippen LogP contribution in [0.2, 0.25) is 0 Å². The van der Waals surface area contributed by atoms with Crippen molar-refractivity contribution in [2.45, 2.75) is 0 Å². The smallest absolute Gasteiger partial charge is 0.315 e. The topological polar surface area (TPSA) is 93.9 Å². The summed E-state index contributed by atoms with van der Waals surface area (Å²) < 4.78 is 10.2. The summed E-state index contributed by atoms with van der Waals surface area (Å²) in [6.07, 6.45) is 0. The van der Waals surface area contributed by atoms with Crippen molar-refractivity contribution in [3.05, 3.63) is 27.8 Å². The zero-order chi connectivity index (χ0) is 14.1. The number of hydrogen-bond donors (Lipinski definition) is 1. The third-order valence-electron chi connectivity index (χ3n) is 3.30. The molecule has 1 fully saturated rings. The van der Waals surface area contributed by atoms with Crippen LogP contribution in [0.4, 0.5) is 5.69 Å². The third-order valence-corrected chi connectivity index (χ3v) is 3.30. The maximum absolute atomic E-state index is 12.4. The van der Waals surface area contributed by atoms with Gasteiger partial charge in [0.15, 0.2) is 5.75 Å². The fourth-order valence-electron chi connectivity index (χ4n) is 2.30. The van der Waals surface area contributed by atoms with Crippen LogP contribution in [0, 0.1) is 10.1 Å². The molecule has 1 amide bonds. The Kier molecular flexibility index (Phi) is 3.15. The molecule has 0 radical (unpaired) electrons. The third kappa shape index (κ3) is 2.14. The molecule has 1 aromatic carbocycles. The highest BCUT2D eigenvalue weighted by molar-refractivity contribution is 5.96. The van der Waals surface area contributed by atoms with Crippen molar-refractivity contribution in [2.75, 3.05) is 33.0 Å². The average molecular weight is 279 g/mol. The Morgan fingerprint density at radius 3 is 2.75 bits per heavy atom. The van der Waals surface area contributed by atoms with Gasteiger partial charge in [0.05, 0.1) is 10.5 Å². The lowest BCUT2D eigenvalue weighted by Gasteiger charge is -2.27. The second-order valence-electron chi connectivity index (χ2n) is 4.53. The van der Waals surface area contributed by atoms with E-state index in [4.69, 9.17) is 9.47 Å². The summed E-state index contributed by atoms with van der Waals surface area (Å²) in [7, 11) is 0. The Hall–Kier alpha value is -2.35. The number of rotatable bonds is 2. The van der Waals surface area contributed by atoms with E-state index < -0.39 is 4.92 Å². The molecule has 1 N–H and O–H groups in total. The first-order valence-corrected chi connectivity index (χ1v) is 6.25. The maximum Gasteiger partial charge on any atom is 0.315 e. The number of hydrogen-bond acceptors (Lipinski definition) is 6. The van der Waals surface area contributed by atoms with Gasteiger partial charge in [0.2, 0.25) is 12.5 Å². The molecule has 1 aromatic rings. The highest BCUT2D eigenvalue weighted by Gasteiger charge is 2.29. The molecule has 2 aliphatic heterocycles. The van der Waals surface area contributed by atoms with Crippen molar-refractivity contribution >= 4 is 11.6 Å². The first kappa shape index (κ1) is 12.7. The number of benzene rings is 1. The van der Waals surface area contributed by atoms with Gasteiger partial charge in [-0.15, -0.1) is 0 Å². The lowest BCUT2D eigenvalue weighted by atomic mass is 10.1. The van der Waals surface area contributed by atoms with Gasteiger partial charge in [0.1, 0.15) is 0 Å². The highest BCUT2D eigenvalue weighted by Crippen LogP contribution is 2.41. The van der Waals surface area contributed by atoms with Crippen LogP contribution in [0.5, 0.6) is 11.5 Å². The number of nitrogens with zero attached hydrogens (tertiary/aromatic N) is 2. The number of amides is 1. The quantitative estimate of drug-likeness (QED) is 0.621. The Labute approximate surface area is 114 Å². The molecule has 0 bridgehead atoms. The minimum absolute atomic E-state index is 0.0680. The fraction of sp³-hybridized carbons (Fsp3) is 0.417. The summed E-state index contributed by atoms with van der Waals surface area (Å²) >= 11 is 0. The van der Waals surface area contributed by atoms with Gasteiger partial charge in [-0.1, -0.05) is 0 Å². The van der Waals surface area contributed by atoms with Gasteiger partial charge in [0.25, 0.3) is 5.91 Å². The number of ether oxygens (including phenoxy) is 2. The minimum atomic E-state index is -0.567.